The number of aryl methyl sites for hydroxylation is 1. The second kappa shape index (κ2) is 12.4. The first-order valence-corrected chi connectivity index (χ1v) is 7.93. The smallest absolute Gasteiger partial charge is 0.193 e. The van der Waals surface area contributed by atoms with E-state index in [4.69, 9.17) is 0 Å². The highest BCUT2D eigenvalue weighted by atomic mass is 127. The van der Waals surface area contributed by atoms with Crippen LogP contribution in [0.1, 0.15) is 37.0 Å². The van der Waals surface area contributed by atoms with Gasteiger partial charge >= 0.3 is 0 Å². The maximum atomic E-state index is 10.3. The predicted octanol–water partition coefficient (Wildman–Crippen LogP) is 3.51. The molecular formula is C18H30IN3O. The van der Waals surface area contributed by atoms with Gasteiger partial charge in [0.15, 0.2) is 5.96 Å². The van der Waals surface area contributed by atoms with Crippen molar-refractivity contribution in [1.82, 2.24) is 10.2 Å². The summed E-state index contributed by atoms with van der Waals surface area (Å²) in [7, 11) is 2.02. The van der Waals surface area contributed by atoms with Gasteiger partial charge in [0.2, 0.25) is 0 Å². The molecule has 0 radical (unpaired) electrons. The number of unbranched alkanes of at least 4 members (excludes halogenated alkanes) is 1. The largest absolute Gasteiger partial charge is 0.386 e. The number of nitrogens with zero attached hydrogens (tertiary/aromatic N) is 2. The zero-order chi connectivity index (χ0) is 16.4. The Morgan fingerprint density at radius 3 is 2.61 bits per heavy atom. The summed E-state index contributed by atoms with van der Waals surface area (Å²) in [5.74, 6) is 0.831. The summed E-state index contributed by atoms with van der Waals surface area (Å²) in [5.41, 5.74) is 2.09. The molecule has 130 valence electrons. The van der Waals surface area contributed by atoms with E-state index >= 15 is 0 Å². The minimum atomic E-state index is -0.573. The molecule has 4 nitrogen and oxygen atoms in total. The number of halogens is 1. The second-order valence-electron chi connectivity index (χ2n) is 5.47. The van der Waals surface area contributed by atoms with Crippen LogP contribution < -0.4 is 5.32 Å². The van der Waals surface area contributed by atoms with Crippen molar-refractivity contribution >= 4 is 29.9 Å². The molecule has 5 heteroatoms. The van der Waals surface area contributed by atoms with Gasteiger partial charge in [0.25, 0.3) is 0 Å². The molecule has 0 spiro atoms. The Hall–Kier alpha value is -1.08. The zero-order valence-corrected chi connectivity index (χ0v) is 16.8. The lowest BCUT2D eigenvalue weighted by Gasteiger charge is -2.22. The van der Waals surface area contributed by atoms with Crippen LogP contribution >= 0.6 is 24.0 Å². The number of hydrogen-bond acceptors (Lipinski definition) is 2. The Morgan fingerprint density at radius 2 is 2.04 bits per heavy atom. The van der Waals surface area contributed by atoms with Crippen molar-refractivity contribution < 1.29 is 5.11 Å². The van der Waals surface area contributed by atoms with Crippen LogP contribution in [0, 0.1) is 6.92 Å². The van der Waals surface area contributed by atoms with Crippen molar-refractivity contribution in [2.75, 3.05) is 26.7 Å². The number of allylic oxidation sites excluding steroid dienone is 1. The fourth-order valence-corrected chi connectivity index (χ4v) is 2.12. The highest BCUT2D eigenvalue weighted by Crippen LogP contribution is 2.14. The molecule has 0 aliphatic carbocycles. The quantitative estimate of drug-likeness (QED) is 0.218. The van der Waals surface area contributed by atoms with Gasteiger partial charge in [-0.15, -0.1) is 30.6 Å². The second-order valence-corrected chi connectivity index (χ2v) is 5.47. The van der Waals surface area contributed by atoms with E-state index in [1.54, 1.807) is 0 Å². The fraction of sp³-hybridized carbons (Fsp3) is 0.500. The molecule has 0 heterocycles. The molecule has 0 aliphatic heterocycles. The first kappa shape index (κ1) is 21.9. The van der Waals surface area contributed by atoms with Gasteiger partial charge in [-0.25, -0.2) is 0 Å². The van der Waals surface area contributed by atoms with Crippen molar-refractivity contribution in [3.05, 3.63) is 48.0 Å². The summed E-state index contributed by atoms with van der Waals surface area (Å²) in [6.45, 7) is 9.91. The van der Waals surface area contributed by atoms with Gasteiger partial charge in [0.05, 0.1) is 12.6 Å². The molecule has 23 heavy (non-hydrogen) atoms. The van der Waals surface area contributed by atoms with E-state index in [1.807, 2.05) is 51.2 Å². The molecule has 0 saturated heterocycles. The molecule has 1 aromatic rings. The molecule has 1 atom stereocenters. The number of rotatable bonds is 8. The van der Waals surface area contributed by atoms with E-state index < -0.39 is 6.10 Å². The Bertz CT molecular complexity index is 474. The van der Waals surface area contributed by atoms with E-state index in [1.165, 1.54) is 5.56 Å². The standard InChI is InChI=1S/C18H29N3O.HI/c1-5-7-8-13-21(4)18(19-6-2)20-14-17(22)16-11-9-15(3)10-12-16;/h5,9-12,17,22H,1,6-8,13-14H2,2-4H3,(H,19,20);1H. The Morgan fingerprint density at radius 1 is 1.39 bits per heavy atom. The highest BCUT2D eigenvalue weighted by molar-refractivity contribution is 14.0. The van der Waals surface area contributed by atoms with Gasteiger partial charge in [0, 0.05) is 20.1 Å². The summed E-state index contributed by atoms with van der Waals surface area (Å²) in [5, 5.41) is 13.5. The molecule has 0 saturated carbocycles. The Labute approximate surface area is 157 Å². The van der Waals surface area contributed by atoms with Crippen molar-refractivity contribution in [3.8, 4) is 0 Å². The molecular weight excluding hydrogens is 401 g/mol. The van der Waals surface area contributed by atoms with Gasteiger partial charge in [0.1, 0.15) is 0 Å². The lowest BCUT2D eigenvalue weighted by atomic mass is 10.1. The third kappa shape index (κ3) is 8.37. The molecule has 0 amide bonds. The number of benzene rings is 1. The van der Waals surface area contributed by atoms with Gasteiger partial charge in [-0.05, 0) is 32.3 Å². The van der Waals surface area contributed by atoms with Crippen LogP contribution in [0.4, 0.5) is 0 Å². The average Bonchev–Trinajstić information content (AvgIpc) is 2.52. The van der Waals surface area contributed by atoms with Crippen LogP contribution in [-0.4, -0.2) is 42.6 Å². The van der Waals surface area contributed by atoms with Gasteiger partial charge < -0.3 is 15.3 Å². The SMILES string of the molecule is C=CCCCN(C)C(=NCC(O)c1ccc(C)cc1)NCC.I. The van der Waals surface area contributed by atoms with E-state index in [0.29, 0.717) is 6.54 Å². The van der Waals surface area contributed by atoms with Crippen LogP contribution in [0.25, 0.3) is 0 Å². The molecule has 0 aromatic heterocycles. The van der Waals surface area contributed by atoms with Crippen molar-refractivity contribution in [2.45, 2.75) is 32.8 Å². The summed E-state index contributed by atoms with van der Waals surface area (Å²) >= 11 is 0. The highest BCUT2D eigenvalue weighted by Gasteiger charge is 2.09. The minimum absolute atomic E-state index is 0. The van der Waals surface area contributed by atoms with Crippen molar-refractivity contribution in [1.29, 1.82) is 0 Å². The van der Waals surface area contributed by atoms with Crippen LogP contribution in [0.5, 0.6) is 0 Å². The summed E-state index contributed by atoms with van der Waals surface area (Å²) < 4.78 is 0. The number of aliphatic hydroxyl groups excluding tert-OH is 1. The summed E-state index contributed by atoms with van der Waals surface area (Å²) in [6, 6.07) is 7.93. The van der Waals surface area contributed by atoms with Crippen LogP contribution in [-0.2, 0) is 0 Å². The molecule has 2 N–H and O–H groups in total. The number of aliphatic imine (C=N–C) groups is 1. The monoisotopic (exact) mass is 431 g/mol. The van der Waals surface area contributed by atoms with Gasteiger partial charge in [-0.3, -0.25) is 4.99 Å². The van der Waals surface area contributed by atoms with Crippen molar-refractivity contribution in [2.24, 2.45) is 4.99 Å². The van der Waals surface area contributed by atoms with E-state index in [0.717, 1.165) is 37.5 Å². The lowest BCUT2D eigenvalue weighted by molar-refractivity contribution is 0.186. The Kier molecular flexibility index (Phi) is 11.8. The minimum Gasteiger partial charge on any atom is -0.386 e. The maximum absolute atomic E-state index is 10.3. The number of hydrogen-bond donors (Lipinski definition) is 2. The van der Waals surface area contributed by atoms with E-state index in [9.17, 15) is 5.11 Å². The number of nitrogens with one attached hydrogen (secondary N) is 1. The number of guanidine groups is 1. The molecule has 0 bridgehead atoms. The zero-order valence-electron chi connectivity index (χ0n) is 14.5. The van der Waals surface area contributed by atoms with E-state index in [2.05, 4.69) is 21.8 Å². The molecule has 1 aromatic carbocycles. The maximum Gasteiger partial charge on any atom is 0.193 e. The lowest BCUT2D eigenvalue weighted by Crippen LogP contribution is -2.39. The molecule has 0 aliphatic rings. The molecule has 1 rings (SSSR count). The van der Waals surface area contributed by atoms with Crippen LogP contribution in [0.15, 0.2) is 41.9 Å². The van der Waals surface area contributed by atoms with E-state index in [-0.39, 0.29) is 24.0 Å². The fourth-order valence-electron chi connectivity index (χ4n) is 2.12. The topological polar surface area (TPSA) is 47.9 Å². The first-order valence-electron chi connectivity index (χ1n) is 7.93. The van der Waals surface area contributed by atoms with Crippen LogP contribution in [0.2, 0.25) is 0 Å². The summed E-state index contributed by atoms with van der Waals surface area (Å²) in [6.07, 6.45) is 3.40. The summed E-state index contributed by atoms with van der Waals surface area (Å²) in [4.78, 5) is 6.64. The predicted molar refractivity (Wildman–Crippen MR) is 110 cm³/mol. The third-order valence-electron chi connectivity index (χ3n) is 3.47. The van der Waals surface area contributed by atoms with Gasteiger partial charge in [-0.1, -0.05) is 35.9 Å². The molecule has 1 unspecified atom stereocenters. The van der Waals surface area contributed by atoms with Crippen molar-refractivity contribution in [3.63, 3.8) is 0 Å². The first-order chi connectivity index (χ1) is 10.6. The number of aliphatic hydroxyl groups is 1. The Balaban J connectivity index is 0.00000484. The third-order valence-corrected chi connectivity index (χ3v) is 3.47. The average molecular weight is 431 g/mol. The normalized spacial score (nSPS) is 12.3. The van der Waals surface area contributed by atoms with Gasteiger partial charge in [-0.2, -0.15) is 0 Å². The molecule has 0 fully saturated rings. The van der Waals surface area contributed by atoms with Crippen LogP contribution in [0.3, 0.4) is 0 Å².